The highest BCUT2D eigenvalue weighted by atomic mass is 16.5. The van der Waals surface area contributed by atoms with E-state index < -0.39 is 0 Å². The molecule has 5 nitrogen and oxygen atoms in total. The maximum atomic E-state index is 12.0. The molecule has 1 amide bonds. The molecular formula is C17H29N3O2. The van der Waals surface area contributed by atoms with Crippen LogP contribution >= 0.6 is 0 Å². The van der Waals surface area contributed by atoms with Gasteiger partial charge < -0.3 is 10.1 Å². The molecule has 22 heavy (non-hydrogen) atoms. The van der Waals surface area contributed by atoms with E-state index in [2.05, 4.69) is 23.8 Å². The lowest BCUT2D eigenvalue weighted by Crippen LogP contribution is -2.31. The number of nitrogens with zero attached hydrogens (tertiary/aromatic N) is 2. The van der Waals surface area contributed by atoms with Gasteiger partial charge in [-0.2, -0.15) is 5.10 Å². The number of carbonyl (C=O) groups excluding carboxylic acids is 1. The van der Waals surface area contributed by atoms with Gasteiger partial charge in [-0.05, 0) is 12.8 Å². The third-order valence-electron chi connectivity index (χ3n) is 4.25. The highest BCUT2D eigenvalue weighted by Crippen LogP contribution is 2.21. The van der Waals surface area contributed by atoms with Crippen molar-refractivity contribution >= 4 is 5.91 Å². The summed E-state index contributed by atoms with van der Waals surface area (Å²) in [7, 11) is 0. The molecule has 1 aromatic rings. The number of hydrogen-bond donors (Lipinski definition) is 1. The number of rotatable bonds is 8. The fourth-order valence-corrected chi connectivity index (χ4v) is 3.02. The summed E-state index contributed by atoms with van der Waals surface area (Å²) in [5.41, 5.74) is 3.66. The molecule has 1 atom stereocenters. The average Bonchev–Trinajstić information content (AvgIpc) is 2.86. The standard InChI is InChI=1S/C17H29N3O2/c1-4-6-13(3)17(21)18-9-7-15-14-12-22-11-8-16(14)20(19-15)10-5-2/h13H,4-12H2,1-3H3,(H,18,21). The van der Waals surface area contributed by atoms with Gasteiger partial charge in [-0.3, -0.25) is 9.48 Å². The molecule has 2 rings (SSSR count). The minimum atomic E-state index is 0.0971. The normalized spacial score (nSPS) is 15.4. The number of ether oxygens (including phenoxy) is 1. The third kappa shape index (κ3) is 4.09. The van der Waals surface area contributed by atoms with E-state index >= 15 is 0 Å². The quantitative estimate of drug-likeness (QED) is 0.802. The number of amides is 1. The van der Waals surface area contributed by atoms with E-state index in [0.29, 0.717) is 13.2 Å². The minimum absolute atomic E-state index is 0.0971. The monoisotopic (exact) mass is 307 g/mol. The molecule has 0 saturated carbocycles. The van der Waals surface area contributed by atoms with Crippen LogP contribution in [0.2, 0.25) is 0 Å². The lowest BCUT2D eigenvalue weighted by atomic mass is 10.1. The van der Waals surface area contributed by atoms with Gasteiger partial charge in [-0.15, -0.1) is 0 Å². The van der Waals surface area contributed by atoms with Crippen LogP contribution in [0.5, 0.6) is 0 Å². The van der Waals surface area contributed by atoms with Crippen molar-refractivity contribution in [1.29, 1.82) is 0 Å². The molecule has 0 spiro atoms. The Hall–Kier alpha value is -1.36. The Balaban J connectivity index is 1.94. The van der Waals surface area contributed by atoms with Gasteiger partial charge in [0.05, 0.1) is 18.9 Å². The van der Waals surface area contributed by atoms with Crippen molar-refractivity contribution in [2.75, 3.05) is 13.2 Å². The molecule has 1 N–H and O–H groups in total. The molecule has 2 heterocycles. The molecule has 1 aliphatic heterocycles. The second-order valence-electron chi connectivity index (χ2n) is 6.13. The summed E-state index contributed by atoms with van der Waals surface area (Å²) < 4.78 is 7.72. The minimum Gasteiger partial charge on any atom is -0.376 e. The van der Waals surface area contributed by atoms with Gasteiger partial charge in [-0.1, -0.05) is 27.2 Å². The maximum Gasteiger partial charge on any atom is 0.222 e. The molecule has 124 valence electrons. The number of nitrogens with one attached hydrogen (secondary N) is 1. The first kappa shape index (κ1) is 17.0. The summed E-state index contributed by atoms with van der Waals surface area (Å²) in [5.74, 6) is 0.250. The van der Waals surface area contributed by atoms with E-state index in [4.69, 9.17) is 9.84 Å². The largest absolute Gasteiger partial charge is 0.376 e. The van der Waals surface area contributed by atoms with Crippen molar-refractivity contribution in [3.8, 4) is 0 Å². The van der Waals surface area contributed by atoms with Crippen molar-refractivity contribution in [2.24, 2.45) is 5.92 Å². The van der Waals surface area contributed by atoms with Crippen LogP contribution in [0.15, 0.2) is 0 Å². The fourth-order valence-electron chi connectivity index (χ4n) is 3.02. The molecule has 5 heteroatoms. The Bertz CT molecular complexity index is 496. The molecular weight excluding hydrogens is 278 g/mol. The maximum absolute atomic E-state index is 12.0. The zero-order chi connectivity index (χ0) is 15.9. The number of aromatic nitrogens is 2. The molecule has 0 bridgehead atoms. The number of carbonyl (C=O) groups is 1. The van der Waals surface area contributed by atoms with Crippen LogP contribution in [0, 0.1) is 5.92 Å². The smallest absolute Gasteiger partial charge is 0.222 e. The van der Waals surface area contributed by atoms with E-state index in [1.165, 1.54) is 11.3 Å². The van der Waals surface area contributed by atoms with Gasteiger partial charge in [0.2, 0.25) is 5.91 Å². The van der Waals surface area contributed by atoms with Crippen molar-refractivity contribution < 1.29 is 9.53 Å². The number of hydrogen-bond acceptors (Lipinski definition) is 3. The van der Waals surface area contributed by atoms with E-state index in [0.717, 1.165) is 50.9 Å². The van der Waals surface area contributed by atoms with Gasteiger partial charge in [0, 0.05) is 43.1 Å². The summed E-state index contributed by atoms with van der Waals surface area (Å²) in [6.07, 6.45) is 4.80. The van der Waals surface area contributed by atoms with Crippen molar-refractivity contribution in [3.05, 3.63) is 17.0 Å². The molecule has 0 saturated heterocycles. The van der Waals surface area contributed by atoms with Crippen LogP contribution in [0.1, 0.15) is 57.0 Å². The molecule has 0 aromatic carbocycles. The molecule has 1 unspecified atom stereocenters. The molecule has 1 aliphatic rings. The van der Waals surface area contributed by atoms with Crippen molar-refractivity contribution in [1.82, 2.24) is 15.1 Å². The van der Waals surface area contributed by atoms with Crippen LogP contribution in [-0.4, -0.2) is 28.8 Å². The number of aryl methyl sites for hydroxylation is 1. The Kier molecular flexibility index (Phi) is 6.43. The van der Waals surface area contributed by atoms with Gasteiger partial charge >= 0.3 is 0 Å². The first-order chi connectivity index (χ1) is 10.7. The van der Waals surface area contributed by atoms with Gasteiger partial charge in [0.15, 0.2) is 0 Å². The van der Waals surface area contributed by atoms with E-state index in [1.54, 1.807) is 0 Å². The summed E-state index contributed by atoms with van der Waals surface area (Å²) in [5, 5.41) is 7.78. The lowest BCUT2D eigenvalue weighted by Gasteiger charge is -2.15. The Morgan fingerprint density at radius 2 is 2.23 bits per heavy atom. The van der Waals surface area contributed by atoms with Crippen LogP contribution < -0.4 is 5.32 Å². The Labute approximate surface area is 133 Å². The van der Waals surface area contributed by atoms with E-state index in [1.807, 2.05) is 6.92 Å². The summed E-state index contributed by atoms with van der Waals surface area (Å²) in [4.78, 5) is 12.0. The van der Waals surface area contributed by atoms with Crippen LogP contribution in [0.25, 0.3) is 0 Å². The Morgan fingerprint density at radius 3 is 2.95 bits per heavy atom. The highest BCUT2D eigenvalue weighted by molar-refractivity contribution is 5.78. The van der Waals surface area contributed by atoms with Crippen molar-refractivity contribution in [3.63, 3.8) is 0 Å². The summed E-state index contributed by atoms with van der Waals surface area (Å²) >= 11 is 0. The van der Waals surface area contributed by atoms with E-state index in [-0.39, 0.29) is 11.8 Å². The van der Waals surface area contributed by atoms with Gasteiger partial charge in [0.1, 0.15) is 0 Å². The zero-order valence-corrected chi connectivity index (χ0v) is 14.2. The van der Waals surface area contributed by atoms with E-state index in [9.17, 15) is 4.79 Å². The van der Waals surface area contributed by atoms with Gasteiger partial charge in [-0.25, -0.2) is 0 Å². The highest BCUT2D eigenvalue weighted by Gasteiger charge is 2.21. The van der Waals surface area contributed by atoms with Gasteiger partial charge in [0.25, 0.3) is 0 Å². The first-order valence-electron chi connectivity index (χ1n) is 8.60. The first-order valence-corrected chi connectivity index (χ1v) is 8.60. The molecule has 0 radical (unpaired) electrons. The second kappa shape index (κ2) is 8.32. The SMILES string of the molecule is CCCC(C)C(=O)NCCc1nn(CCC)c2c1COCC2. The molecule has 1 aromatic heterocycles. The summed E-state index contributed by atoms with van der Waals surface area (Å²) in [6.45, 7) is 9.33. The molecule has 0 fully saturated rings. The lowest BCUT2D eigenvalue weighted by molar-refractivity contribution is -0.124. The van der Waals surface area contributed by atoms with Crippen LogP contribution in [0.4, 0.5) is 0 Å². The van der Waals surface area contributed by atoms with Crippen LogP contribution in [0.3, 0.4) is 0 Å². The van der Waals surface area contributed by atoms with Crippen molar-refractivity contribution in [2.45, 2.75) is 66.0 Å². The number of fused-ring (bicyclic) bond motifs is 1. The summed E-state index contributed by atoms with van der Waals surface area (Å²) in [6, 6.07) is 0. The topological polar surface area (TPSA) is 56.2 Å². The van der Waals surface area contributed by atoms with Crippen LogP contribution in [-0.2, 0) is 35.5 Å². The zero-order valence-electron chi connectivity index (χ0n) is 14.2. The molecule has 0 aliphatic carbocycles. The third-order valence-corrected chi connectivity index (χ3v) is 4.25. The fraction of sp³-hybridized carbons (Fsp3) is 0.765. The predicted molar refractivity (Wildman–Crippen MR) is 86.7 cm³/mol. The Morgan fingerprint density at radius 1 is 1.41 bits per heavy atom. The predicted octanol–water partition coefficient (Wildman–Crippen LogP) is 2.46. The average molecular weight is 307 g/mol. The second-order valence-corrected chi connectivity index (χ2v) is 6.13.